The molecular weight excluding hydrogens is 398 g/mol. The Labute approximate surface area is 181 Å². The summed E-state index contributed by atoms with van der Waals surface area (Å²) >= 11 is 6.04. The van der Waals surface area contributed by atoms with Crippen LogP contribution in [0.25, 0.3) is 0 Å². The number of hydrogen-bond acceptors (Lipinski definition) is 2. The minimum absolute atomic E-state index is 0.0823. The van der Waals surface area contributed by atoms with Crippen LogP contribution in [-0.2, 0) is 11.3 Å². The second-order valence-electron chi connectivity index (χ2n) is 7.05. The Bertz CT molecular complexity index is 1010. The first-order chi connectivity index (χ1) is 14.5. The third kappa shape index (κ3) is 6.17. The van der Waals surface area contributed by atoms with Crippen molar-refractivity contribution in [3.8, 4) is 0 Å². The van der Waals surface area contributed by atoms with Gasteiger partial charge in [0, 0.05) is 17.1 Å². The Balaban J connectivity index is 1.57. The number of amides is 2. The second-order valence-corrected chi connectivity index (χ2v) is 7.48. The molecule has 0 radical (unpaired) electrons. The van der Waals surface area contributed by atoms with E-state index >= 15 is 0 Å². The topological polar surface area (TPSA) is 74.8 Å². The molecule has 3 aromatic carbocycles. The highest BCUT2D eigenvalue weighted by atomic mass is 35.5. The number of halogens is 1. The first kappa shape index (κ1) is 21.6. The summed E-state index contributed by atoms with van der Waals surface area (Å²) in [6.07, 6.45) is 0. The number of quaternary nitrogens is 1. The third-order valence-corrected chi connectivity index (χ3v) is 5.01. The molecule has 0 aliphatic heterocycles. The quantitative estimate of drug-likeness (QED) is 0.519. The van der Waals surface area contributed by atoms with E-state index in [1.54, 1.807) is 24.3 Å². The van der Waals surface area contributed by atoms with Crippen LogP contribution in [0.1, 0.15) is 34.5 Å². The van der Waals surface area contributed by atoms with Crippen molar-refractivity contribution in [2.45, 2.75) is 19.5 Å². The second kappa shape index (κ2) is 10.6. The molecule has 3 rings (SSSR count). The molecule has 0 saturated heterocycles. The minimum Gasteiger partial charge on any atom is -0.348 e. The molecule has 0 aromatic heterocycles. The van der Waals surface area contributed by atoms with E-state index in [0.717, 1.165) is 11.1 Å². The van der Waals surface area contributed by atoms with Gasteiger partial charge in [-0.3, -0.25) is 9.59 Å². The average molecular weight is 423 g/mol. The summed E-state index contributed by atoms with van der Waals surface area (Å²) < 4.78 is 0. The normalized spacial score (nSPS) is 11.5. The highest BCUT2D eigenvalue weighted by molar-refractivity contribution is 6.30. The monoisotopic (exact) mass is 422 g/mol. The molecule has 30 heavy (non-hydrogen) atoms. The first-order valence-electron chi connectivity index (χ1n) is 9.82. The van der Waals surface area contributed by atoms with E-state index in [1.165, 1.54) is 0 Å². The van der Waals surface area contributed by atoms with Crippen molar-refractivity contribution in [1.29, 1.82) is 0 Å². The number of rotatable bonds is 8. The Kier molecular flexibility index (Phi) is 7.60. The summed E-state index contributed by atoms with van der Waals surface area (Å²) in [5.74, 6) is -0.404. The molecular formula is C24H25ClN3O2+. The highest BCUT2D eigenvalue weighted by Crippen LogP contribution is 2.16. The summed E-state index contributed by atoms with van der Waals surface area (Å²) in [5.41, 5.74) is 2.99. The fraction of sp³-hybridized carbons (Fsp3) is 0.167. The van der Waals surface area contributed by atoms with E-state index in [2.05, 4.69) is 10.6 Å². The zero-order chi connectivity index (χ0) is 21.3. The molecule has 4 N–H and O–H groups in total. The average Bonchev–Trinajstić information content (AvgIpc) is 2.77. The molecule has 0 spiro atoms. The van der Waals surface area contributed by atoms with E-state index in [4.69, 9.17) is 11.6 Å². The predicted molar refractivity (Wildman–Crippen MR) is 119 cm³/mol. The van der Waals surface area contributed by atoms with Gasteiger partial charge in [-0.15, -0.1) is 0 Å². The van der Waals surface area contributed by atoms with E-state index in [0.29, 0.717) is 22.8 Å². The van der Waals surface area contributed by atoms with Crippen LogP contribution in [0.5, 0.6) is 0 Å². The van der Waals surface area contributed by atoms with Gasteiger partial charge in [0.05, 0.1) is 11.3 Å². The Morgan fingerprint density at radius 1 is 0.967 bits per heavy atom. The molecule has 6 heteroatoms. The zero-order valence-corrected chi connectivity index (χ0v) is 17.5. The molecule has 0 aliphatic rings. The number of nitrogens with two attached hydrogens (primary N) is 1. The van der Waals surface area contributed by atoms with Crippen LogP contribution in [-0.4, -0.2) is 18.4 Å². The number of nitrogens with one attached hydrogen (secondary N) is 2. The Hall–Kier alpha value is -3.15. The molecule has 0 fully saturated rings. The number of anilines is 1. The number of carbonyl (C=O) groups excluding carboxylic acids is 2. The van der Waals surface area contributed by atoms with Crippen molar-refractivity contribution < 1.29 is 14.9 Å². The number of para-hydroxylation sites is 1. The van der Waals surface area contributed by atoms with Gasteiger partial charge in [0.15, 0.2) is 6.54 Å². The smallest absolute Gasteiger partial charge is 0.279 e. The van der Waals surface area contributed by atoms with E-state index in [-0.39, 0.29) is 24.4 Å². The van der Waals surface area contributed by atoms with Gasteiger partial charge in [0.1, 0.15) is 6.04 Å². The predicted octanol–water partition coefficient (Wildman–Crippen LogP) is 3.53. The van der Waals surface area contributed by atoms with Crippen molar-refractivity contribution >= 4 is 29.1 Å². The molecule has 0 saturated carbocycles. The van der Waals surface area contributed by atoms with Crippen molar-refractivity contribution in [2.24, 2.45) is 0 Å². The van der Waals surface area contributed by atoms with Gasteiger partial charge in [0.2, 0.25) is 0 Å². The van der Waals surface area contributed by atoms with Crippen LogP contribution in [0.3, 0.4) is 0 Å². The highest BCUT2D eigenvalue weighted by Gasteiger charge is 2.15. The molecule has 3 aromatic rings. The van der Waals surface area contributed by atoms with Crippen LogP contribution >= 0.6 is 11.6 Å². The van der Waals surface area contributed by atoms with Gasteiger partial charge < -0.3 is 16.0 Å². The lowest BCUT2D eigenvalue weighted by Crippen LogP contribution is -2.86. The summed E-state index contributed by atoms with van der Waals surface area (Å²) in [5, 5.41) is 8.35. The first-order valence-corrected chi connectivity index (χ1v) is 10.2. The standard InChI is InChI=1S/C24H24ClN3O2/c1-17(19-10-7-11-20(25)14-19)26-16-23(29)28-22-13-6-5-12-21(22)24(30)27-15-18-8-3-2-4-9-18/h2-14,17,26H,15-16H2,1H3,(H,27,30)(H,28,29)/p+1/t17-/m1/s1. The lowest BCUT2D eigenvalue weighted by atomic mass is 10.1. The SMILES string of the molecule is C[C@@H]([NH2+]CC(=O)Nc1ccccc1C(=O)NCc1ccccc1)c1cccc(Cl)c1. The molecule has 0 bridgehead atoms. The fourth-order valence-corrected chi connectivity index (χ4v) is 3.27. The Morgan fingerprint density at radius 2 is 1.70 bits per heavy atom. The van der Waals surface area contributed by atoms with Gasteiger partial charge in [-0.05, 0) is 36.8 Å². The van der Waals surface area contributed by atoms with Gasteiger partial charge in [-0.25, -0.2) is 0 Å². The van der Waals surface area contributed by atoms with Gasteiger partial charge in [0.25, 0.3) is 11.8 Å². The zero-order valence-electron chi connectivity index (χ0n) is 16.8. The van der Waals surface area contributed by atoms with Crippen molar-refractivity contribution in [2.75, 3.05) is 11.9 Å². The minimum atomic E-state index is -0.231. The van der Waals surface area contributed by atoms with Gasteiger partial charge in [-0.1, -0.05) is 66.2 Å². The van der Waals surface area contributed by atoms with Crippen LogP contribution in [0.2, 0.25) is 5.02 Å². The molecule has 1 atom stereocenters. The number of benzene rings is 3. The summed E-state index contributed by atoms with van der Waals surface area (Å²) in [6.45, 7) is 2.67. The summed E-state index contributed by atoms with van der Waals surface area (Å²) in [7, 11) is 0. The Morgan fingerprint density at radius 3 is 2.47 bits per heavy atom. The number of carbonyl (C=O) groups is 2. The maximum absolute atomic E-state index is 12.6. The van der Waals surface area contributed by atoms with Crippen LogP contribution in [0.15, 0.2) is 78.9 Å². The molecule has 2 amide bonds. The summed E-state index contributed by atoms with van der Waals surface area (Å²) in [4.78, 5) is 25.1. The molecule has 5 nitrogen and oxygen atoms in total. The maximum atomic E-state index is 12.6. The third-order valence-electron chi connectivity index (χ3n) is 4.77. The van der Waals surface area contributed by atoms with Crippen LogP contribution in [0, 0.1) is 0 Å². The lowest BCUT2D eigenvalue weighted by Gasteiger charge is -2.13. The maximum Gasteiger partial charge on any atom is 0.279 e. The fourth-order valence-electron chi connectivity index (χ4n) is 3.07. The molecule has 154 valence electrons. The van der Waals surface area contributed by atoms with E-state index < -0.39 is 0 Å². The van der Waals surface area contributed by atoms with E-state index in [1.807, 2.05) is 66.8 Å². The van der Waals surface area contributed by atoms with Gasteiger partial charge in [-0.2, -0.15) is 0 Å². The molecule has 0 unspecified atom stereocenters. The summed E-state index contributed by atoms with van der Waals surface area (Å²) in [6, 6.07) is 24.4. The number of hydrogen-bond donors (Lipinski definition) is 3. The molecule has 0 aliphatic carbocycles. The van der Waals surface area contributed by atoms with Crippen molar-refractivity contribution in [1.82, 2.24) is 5.32 Å². The lowest BCUT2D eigenvalue weighted by molar-refractivity contribution is -0.682. The molecule has 0 heterocycles. The van der Waals surface area contributed by atoms with E-state index in [9.17, 15) is 9.59 Å². The van der Waals surface area contributed by atoms with Crippen LogP contribution in [0.4, 0.5) is 5.69 Å². The van der Waals surface area contributed by atoms with Gasteiger partial charge >= 0.3 is 0 Å². The largest absolute Gasteiger partial charge is 0.348 e. The van der Waals surface area contributed by atoms with Crippen molar-refractivity contribution in [3.63, 3.8) is 0 Å². The van der Waals surface area contributed by atoms with Crippen molar-refractivity contribution in [3.05, 3.63) is 101 Å². The van der Waals surface area contributed by atoms with Crippen LogP contribution < -0.4 is 16.0 Å².